The zero-order valence-electron chi connectivity index (χ0n) is 9.13. The third kappa shape index (κ3) is 1.91. The highest BCUT2D eigenvalue weighted by molar-refractivity contribution is 6.18. The van der Waals surface area contributed by atoms with Crippen LogP contribution in [0, 0.1) is 0 Å². The fraction of sp³-hybridized carbons (Fsp3) is 0.538. The summed E-state index contributed by atoms with van der Waals surface area (Å²) in [5.74, 6) is 0.651. The fourth-order valence-electron chi connectivity index (χ4n) is 2.61. The molecule has 82 valence electrons. The van der Waals surface area contributed by atoms with Crippen molar-refractivity contribution in [3.8, 4) is 0 Å². The molecule has 0 aliphatic heterocycles. The zero-order valence-corrected chi connectivity index (χ0v) is 9.89. The standard InChI is InChI=1S/C13H17ClO/c1-15-10-13(9-14)8-4-6-11-5-2-3-7-12(11)13/h2-3,5,7H,4,6,8-10H2,1H3. The van der Waals surface area contributed by atoms with Crippen molar-refractivity contribution < 1.29 is 4.74 Å². The minimum absolute atomic E-state index is 0.0468. The molecule has 1 aliphatic carbocycles. The van der Waals surface area contributed by atoms with E-state index in [2.05, 4.69) is 24.3 Å². The molecule has 15 heavy (non-hydrogen) atoms. The SMILES string of the molecule is COCC1(CCl)CCCc2ccccc21. The van der Waals surface area contributed by atoms with Crippen LogP contribution in [0.5, 0.6) is 0 Å². The van der Waals surface area contributed by atoms with Crippen LogP contribution in [0.25, 0.3) is 0 Å². The summed E-state index contributed by atoms with van der Waals surface area (Å²) in [6.07, 6.45) is 3.53. The summed E-state index contributed by atoms with van der Waals surface area (Å²) in [4.78, 5) is 0. The van der Waals surface area contributed by atoms with Crippen LogP contribution in [0.15, 0.2) is 24.3 Å². The van der Waals surface area contributed by atoms with Crippen LogP contribution in [0.1, 0.15) is 24.0 Å². The maximum Gasteiger partial charge on any atom is 0.0570 e. The second-order valence-electron chi connectivity index (χ2n) is 4.36. The van der Waals surface area contributed by atoms with Gasteiger partial charge in [0, 0.05) is 18.4 Å². The van der Waals surface area contributed by atoms with Crippen molar-refractivity contribution in [1.29, 1.82) is 0 Å². The number of methoxy groups -OCH3 is 1. The quantitative estimate of drug-likeness (QED) is 0.717. The molecule has 1 aliphatic rings. The highest BCUT2D eigenvalue weighted by Crippen LogP contribution is 2.38. The van der Waals surface area contributed by atoms with E-state index in [0.29, 0.717) is 5.88 Å². The average Bonchev–Trinajstić information content (AvgIpc) is 2.30. The van der Waals surface area contributed by atoms with Gasteiger partial charge >= 0.3 is 0 Å². The first kappa shape index (κ1) is 11.0. The summed E-state index contributed by atoms with van der Waals surface area (Å²) in [6, 6.07) is 8.62. The number of benzene rings is 1. The number of ether oxygens (including phenoxy) is 1. The molecule has 1 aromatic rings. The van der Waals surface area contributed by atoms with E-state index in [1.54, 1.807) is 7.11 Å². The van der Waals surface area contributed by atoms with Gasteiger partial charge in [-0.1, -0.05) is 24.3 Å². The Morgan fingerprint density at radius 1 is 1.40 bits per heavy atom. The first-order valence-electron chi connectivity index (χ1n) is 5.46. The van der Waals surface area contributed by atoms with Crippen molar-refractivity contribution in [2.45, 2.75) is 24.7 Å². The normalized spacial score (nSPS) is 24.9. The second-order valence-corrected chi connectivity index (χ2v) is 4.62. The third-order valence-electron chi connectivity index (χ3n) is 3.37. The number of halogens is 1. The molecular weight excluding hydrogens is 208 g/mol. The van der Waals surface area contributed by atoms with Crippen LogP contribution < -0.4 is 0 Å². The Morgan fingerprint density at radius 2 is 2.20 bits per heavy atom. The minimum atomic E-state index is 0.0468. The molecule has 1 unspecified atom stereocenters. The van der Waals surface area contributed by atoms with E-state index in [4.69, 9.17) is 16.3 Å². The first-order valence-corrected chi connectivity index (χ1v) is 5.99. The molecule has 0 heterocycles. The lowest BCUT2D eigenvalue weighted by atomic mass is 9.72. The summed E-state index contributed by atoms with van der Waals surface area (Å²) >= 11 is 6.16. The van der Waals surface area contributed by atoms with Gasteiger partial charge in [0.2, 0.25) is 0 Å². The zero-order chi connectivity index (χ0) is 10.7. The maximum atomic E-state index is 6.16. The number of hydrogen-bond donors (Lipinski definition) is 0. The van der Waals surface area contributed by atoms with E-state index < -0.39 is 0 Å². The first-order chi connectivity index (χ1) is 7.32. The monoisotopic (exact) mass is 224 g/mol. The molecule has 1 atom stereocenters. The smallest absolute Gasteiger partial charge is 0.0570 e. The van der Waals surface area contributed by atoms with Crippen LogP contribution in [0.2, 0.25) is 0 Å². The van der Waals surface area contributed by atoms with E-state index >= 15 is 0 Å². The van der Waals surface area contributed by atoms with E-state index in [1.807, 2.05) is 0 Å². The van der Waals surface area contributed by atoms with Crippen molar-refractivity contribution in [2.75, 3.05) is 19.6 Å². The lowest BCUT2D eigenvalue weighted by molar-refractivity contribution is 0.129. The molecule has 0 saturated carbocycles. The Morgan fingerprint density at radius 3 is 2.93 bits per heavy atom. The van der Waals surface area contributed by atoms with Crippen LogP contribution >= 0.6 is 11.6 Å². The predicted octanol–water partition coefficient (Wildman–Crippen LogP) is 3.15. The van der Waals surface area contributed by atoms with Crippen LogP contribution in [0.3, 0.4) is 0 Å². The molecule has 0 radical (unpaired) electrons. The summed E-state index contributed by atoms with van der Waals surface area (Å²) in [5.41, 5.74) is 2.89. The summed E-state index contributed by atoms with van der Waals surface area (Å²) in [5, 5.41) is 0. The van der Waals surface area contributed by atoms with Gasteiger partial charge in [0.15, 0.2) is 0 Å². The highest BCUT2D eigenvalue weighted by atomic mass is 35.5. The Balaban J connectivity index is 2.42. The topological polar surface area (TPSA) is 9.23 Å². The summed E-state index contributed by atoms with van der Waals surface area (Å²) < 4.78 is 5.35. The fourth-order valence-corrected chi connectivity index (χ4v) is 2.97. The van der Waals surface area contributed by atoms with Gasteiger partial charge in [0.05, 0.1) is 6.61 Å². The van der Waals surface area contributed by atoms with Gasteiger partial charge in [0.25, 0.3) is 0 Å². The largest absolute Gasteiger partial charge is 0.384 e. The Kier molecular flexibility index (Phi) is 3.32. The van der Waals surface area contributed by atoms with E-state index in [9.17, 15) is 0 Å². The molecule has 0 aromatic heterocycles. The highest BCUT2D eigenvalue weighted by Gasteiger charge is 2.35. The second kappa shape index (κ2) is 4.54. The van der Waals surface area contributed by atoms with E-state index in [1.165, 1.54) is 24.0 Å². The Hall–Kier alpha value is -0.530. The predicted molar refractivity (Wildman–Crippen MR) is 63.7 cm³/mol. The van der Waals surface area contributed by atoms with Crippen LogP contribution in [0.4, 0.5) is 0 Å². The average molecular weight is 225 g/mol. The van der Waals surface area contributed by atoms with Gasteiger partial charge < -0.3 is 4.74 Å². The molecule has 0 spiro atoms. The number of aryl methyl sites for hydroxylation is 1. The van der Waals surface area contributed by atoms with Crippen molar-refractivity contribution >= 4 is 11.6 Å². The summed E-state index contributed by atoms with van der Waals surface area (Å²) in [7, 11) is 1.76. The molecule has 0 fully saturated rings. The van der Waals surface area contributed by atoms with Gasteiger partial charge in [-0.05, 0) is 30.4 Å². The van der Waals surface area contributed by atoms with E-state index in [0.717, 1.165) is 13.0 Å². The minimum Gasteiger partial charge on any atom is -0.384 e. The van der Waals surface area contributed by atoms with Gasteiger partial charge in [-0.2, -0.15) is 0 Å². The van der Waals surface area contributed by atoms with Gasteiger partial charge in [-0.15, -0.1) is 11.6 Å². The van der Waals surface area contributed by atoms with Gasteiger partial charge in [-0.25, -0.2) is 0 Å². The molecular formula is C13H17ClO. The summed E-state index contributed by atoms with van der Waals surface area (Å²) in [6.45, 7) is 0.730. The number of rotatable bonds is 3. The molecule has 0 N–H and O–H groups in total. The molecule has 2 heteroatoms. The molecule has 0 bridgehead atoms. The van der Waals surface area contributed by atoms with Crippen molar-refractivity contribution in [3.05, 3.63) is 35.4 Å². The van der Waals surface area contributed by atoms with Crippen molar-refractivity contribution in [3.63, 3.8) is 0 Å². The van der Waals surface area contributed by atoms with Gasteiger partial charge in [-0.3, -0.25) is 0 Å². The molecule has 0 saturated heterocycles. The molecule has 1 nitrogen and oxygen atoms in total. The number of alkyl halides is 1. The van der Waals surface area contributed by atoms with Gasteiger partial charge in [0.1, 0.15) is 0 Å². The van der Waals surface area contributed by atoms with Crippen LogP contribution in [-0.4, -0.2) is 19.6 Å². The molecule has 2 rings (SSSR count). The Bertz CT molecular complexity index is 337. The molecule has 0 amide bonds. The van der Waals surface area contributed by atoms with E-state index in [-0.39, 0.29) is 5.41 Å². The Labute approximate surface area is 96.4 Å². The maximum absolute atomic E-state index is 6.16. The van der Waals surface area contributed by atoms with Crippen LogP contribution in [-0.2, 0) is 16.6 Å². The number of fused-ring (bicyclic) bond motifs is 1. The number of hydrogen-bond acceptors (Lipinski definition) is 1. The van der Waals surface area contributed by atoms with Crippen molar-refractivity contribution in [1.82, 2.24) is 0 Å². The third-order valence-corrected chi connectivity index (χ3v) is 3.88. The molecule has 1 aromatic carbocycles. The van der Waals surface area contributed by atoms with Crippen molar-refractivity contribution in [2.24, 2.45) is 0 Å². The lowest BCUT2D eigenvalue weighted by Gasteiger charge is -2.37. The lowest BCUT2D eigenvalue weighted by Crippen LogP contribution is -2.37.